The third-order valence-electron chi connectivity index (χ3n) is 4.53. The highest BCUT2D eigenvalue weighted by molar-refractivity contribution is 5.76. The number of ether oxygens (including phenoxy) is 1. The standard InChI is InChI=1S/C22H26N2O3/c1-3-9-17-10-5-8-13-21(17)27-16-18(25)15-24-20-12-7-6-11-19(20)23(14-4-2)22(24)26/h3,5-8,10-13,18,25H,1,4,9,14-16H2,2H3. The molecule has 1 aromatic heterocycles. The van der Waals surface area contributed by atoms with Gasteiger partial charge in [0.1, 0.15) is 18.5 Å². The number of hydrogen-bond donors (Lipinski definition) is 1. The Morgan fingerprint density at radius 1 is 1.11 bits per heavy atom. The smallest absolute Gasteiger partial charge is 0.329 e. The highest BCUT2D eigenvalue weighted by Gasteiger charge is 2.16. The second kappa shape index (κ2) is 8.73. The molecule has 0 fully saturated rings. The number of allylic oxidation sites excluding steroid dienone is 1. The fourth-order valence-electron chi connectivity index (χ4n) is 3.31. The van der Waals surface area contributed by atoms with Crippen molar-refractivity contribution in [3.05, 3.63) is 77.2 Å². The zero-order valence-corrected chi connectivity index (χ0v) is 15.7. The van der Waals surface area contributed by atoms with E-state index in [1.807, 2.05) is 61.5 Å². The number of aromatic nitrogens is 2. The molecular weight excluding hydrogens is 340 g/mol. The fourth-order valence-corrected chi connectivity index (χ4v) is 3.31. The maximum absolute atomic E-state index is 12.8. The van der Waals surface area contributed by atoms with Gasteiger partial charge in [-0.25, -0.2) is 4.79 Å². The average molecular weight is 366 g/mol. The zero-order valence-electron chi connectivity index (χ0n) is 15.7. The molecule has 0 bridgehead atoms. The molecule has 1 unspecified atom stereocenters. The molecule has 27 heavy (non-hydrogen) atoms. The third kappa shape index (κ3) is 4.14. The highest BCUT2D eigenvalue weighted by Crippen LogP contribution is 2.19. The van der Waals surface area contributed by atoms with Crippen LogP contribution in [0.1, 0.15) is 18.9 Å². The van der Waals surface area contributed by atoms with Crippen LogP contribution >= 0.6 is 0 Å². The summed E-state index contributed by atoms with van der Waals surface area (Å²) in [5.41, 5.74) is 2.66. The van der Waals surface area contributed by atoms with Crippen molar-refractivity contribution in [2.45, 2.75) is 39.0 Å². The Hall–Kier alpha value is -2.79. The van der Waals surface area contributed by atoms with Crippen LogP contribution in [-0.2, 0) is 19.5 Å². The minimum absolute atomic E-state index is 0.0934. The van der Waals surface area contributed by atoms with Gasteiger partial charge in [-0.1, -0.05) is 43.3 Å². The van der Waals surface area contributed by atoms with Crippen LogP contribution in [0.5, 0.6) is 5.75 Å². The topological polar surface area (TPSA) is 56.4 Å². The number of fused-ring (bicyclic) bond motifs is 1. The minimum atomic E-state index is -0.791. The van der Waals surface area contributed by atoms with Gasteiger partial charge in [0.05, 0.1) is 17.6 Å². The number of benzene rings is 2. The summed E-state index contributed by atoms with van der Waals surface area (Å²) < 4.78 is 9.21. The summed E-state index contributed by atoms with van der Waals surface area (Å²) in [6.45, 7) is 6.78. The zero-order chi connectivity index (χ0) is 19.2. The molecule has 2 aromatic carbocycles. The fraction of sp³-hybridized carbons (Fsp3) is 0.318. The lowest BCUT2D eigenvalue weighted by molar-refractivity contribution is 0.0920. The molecule has 3 aromatic rings. The van der Waals surface area contributed by atoms with Gasteiger partial charge in [-0.15, -0.1) is 6.58 Å². The lowest BCUT2D eigenvalue weighted by atomic mass is 10.1. The normalized spacial score (nSPS) is 12.2. The molecule has 142 valence electrons. The Morgan fingerprint density at radius 2 is 1.78 bits per heavy atom. The molecule has 5 heteroatoms. The van der Waals surface area contributed by atoms with Crippen molar-refractivity contribution in [2.75, 3.05) is 6.61 Å². The van der Waals surface area contributed by atoms with Gasteiger partial charge >= 0.3 is 5.69 Å². The van der Waals surface area contributed by atoms with Gasteiger partial charge in [0.15, 0.2) is 0 Å². The molecule has 1 atom stereocenters. The first-order valence-corrected chi connectivity index (χ1v) is 9.33. The highest BCUT2D eigenvalue weighted by atomic mass is 16.5. The Balaban J connectivity index is 1.77. The Bertz CT molecular complexity index is 971. The molecule has 0 aliphatic carbocycles. The number of aliphatic hydroxyl groups excluding tert-OH is 1. The molecule has 0 amide bonds. The van der Waals surface area contributed by atoms with Gasteiger partial charge in [0.2, 0.25) is 0 Å². The van der Waals surface area contributed by atoms with E-state index in [0.717, 1.165) is 28.8 Å². The SMILES string of the molecule is C=CCc1ccccc1OCC(O)Cn1c(=O)n(CCC)c2ccccc21. The first kappa shape index (κ1) is 19.0. The maximum Gasteiger partial charge on any atom is 0.329 e. The van der Waals surface area contributed by atoms with Crippen LogP contribution in [0, 0.1) is 0 Å². The van der Waals surface area contributed by atoms with Crippen LogP contribution in [0.3, 0.4) is 0 Å². The van der Waals surface area contributed by atoms with E-state index in [1.165, 1.54) is 0 Å². The van der Waals surface area contributed by atoms with E-state index in [0.29, 0.717) is 13.0 Å². The molecular formula is C22H26N2O3. The van der Waals surface area contributed by atoms with E-state index in [9.17, 15) is 9.90 Å². The molecule has 0 aliphatic rings. The van der Waals surface area contributed by atoms with Crippen molar-refractivity contribution in [1.29, 1.82) is 0 Å². The number of aryl methyl sites for hydroxylation is 1. The average Bonchev–Trinajstić information content (AvgIpc) is 2.94. The number of aliphatic hydroxyl groups is 1. The van der Waals surface area contributed by atoms with Gasteiger partial charge in [-0.3, -0.25) is 9.13 Å². The van der Waals surface area contributed by atoms with Gasteiger partial charge in [-0.05, 0) is 36.6 Å². The van der Waals surface area contributed by atoms with Crippen LogP contribution in [0.15, 0.2) is 66.0 Å². The van der Waals surface area contributed by atoms with Crippen molar-refractivity contribution in [3.8, 4) is 5.75 Å². The Kier molecular flexibility index (Phi) is 6.14. The summed E-state index contributed by atoms with van der Waals surface area (Å²) in [6, 6.07) is 15.4. The summed E-state index contributed by atoms with van der Waals surface area (Å²) in [5.74, 6) is 0.734. The van der Waals surface area contributed by atoms with Crippen LogP contribution < -0.4 is 10.4 Å². The van der Waals surface area contributed by atoms with E-state index in [2.05, 4.69) is 6.58 Å². The summed E-state index contributed by atoms with van der Waals surface area (Å²) in [4.78, 5) is 12.8. The predicted molar refractivity (Wildman–Crippen MR) is 108 cm³/mol. The molecule has 0 aliphatic heterocycles. The van der Waals surface area contributed by atoms with Crippen molar-refractivity contribution in [2.24, 2.45) is 0 Å². The number of para-hydroxylation sites is 3. The van der Waals surface area contributed by atoms with Crippen LogP contribution in [-0.4, -0.2) is 27.0 Å². The monoisotopic (exact) mass is 366 g/mol. The second-order valence-corrected chi connectivity index (χ2v) is 6.60. The number of hydrogen-bond acceptors (Lipinski definition) is 3. The largest absolute Gasteiger partial charge is 0.491 e. The van der Waals surface area contributed by atoms with Crippen molar-refractivity contribution < 1.29 is 9.84 Å². The summed E-state index contributed by atoms with van der Waals surface area (Å²) >= 11 is 0. The molecule has 0 saturated heterocycles. The van der Waals surface area contributed by atoms with Crippen molar-refractivity contribution in [1.82, 2.24) is 9.13 Å². The third-order valence-corrected chi connectivity index (χ3v) is 4.53. The van der Waals surface area contributed by atoms with E-state index in [1.54, 1.807) is 9.13 Å². The number of imidazole rings is 1. The first-order chi connectivity index (χ1) is 13.2. The minimum Gasteiger partial charge on any atom is -0.491 e. The first-order valence-electron chi connectivity index (χ1n) is 9.33. The molecule has 1 N–H and O–H groups in total. The molecule has 5 nitrogen and oxygen atoms in total. The summed E-state index contributed by atoms with van der Waals surface area (Å²) in [6.07, 6.45) is 2.61. The number of nitrogens with zero attached hydrogens (tertiary/aromatic N) is 2. The van der Waals surface area contributed by atoms with Crippen LogP contribution in [0.2, 0.25) is 0 Å². The van der Waals surface area contributed by atoms with Gasteiger partial charge < -0.3 is 9.84 Å². The van der Waals surface area contributed by atoms with Crippen LogP contribution in [0.4, 0.5) is 0 Å². The molecule has 3 rings (SSSR count). The van der Waals surface area contributed by atoms with E-state index in [-0.39, 0.29) is 18.8 Å². The molecule has 1 heterocycles. The molecule has 0 radical (unpaired) electrons. The molecule has 0 spiro atoms. The van der Waals surface area contributed by atoms with E-state index >= 15 is 0 Å². The number of rotatable bonds is 9. The lowest BCUT2D eigenvalue weighted by Gasteiger charge is -2.15. The predicted octanol–water partition coefficient (Wildman–Crippen LogP) is 3.38. The quantitative estimate of drug-likeness (QED) is 0.591. The Labute approximate surface area is 159 Å². The van der Waals surface area contributed by atoms with Crippen molar-refractivity contribution in [3.63, 3.8) is 0 Å². The van der Waals surface area contributed by atoms with Crippen molar-refractivity contribution >= 4 is 11.0 Å². The van der Waals surface area contributed by atoms with Gasteiger partial charge in [0.25, 0.3) is 0 Å². The lowest BCUT2D eigenvalue weighted by Crippen LogP contribution is -2.31. The summed E-state index contributed by atoms with van der Waals surface area (Å²) in [7, 11) is 0. The van der Waals surface area contributed by atoms with Gasteiger partial charge in [0, 0.05) is 6.54 Å². The Morgan fingerprint density at radius 3 is 2.48 bits per heavy atom. The van der Waals surface area contributed by atoms with E-state index in [4.69, 9.17) is 4.74 Å². The van der Waals surface area contributed by atoms with Gasteiger partial charge in [-0.2, -0.15) is 0 Å². The maximum atomic E-state index is 12.8. The van der Waals surface area contributed by atoms with E-state index < -0.39 is 6.10 Å². The summed E-state index contributed by atoms with van der Waals surface area (Å²) in [5, 5.41) is 10.5. The van der Waals surface area contributed by atoms with Crippen LogP contribution in [0.25, 0.3) is 11.0 Å². The second-order valence-electron chi connectivity index (χ2n) is 6.60. The molecule has 0 saturated carbocycles.